The molecule has 0 aliphatic heterocycles. The molecule has 0 bridgehead atoms. The van der Waals surface area contributed by atoms with Crippen molar-refractivity contribution in [3.05, 3.63) is 0 Å². The van der Waals surface area contributed by atoms with Gasteiger partial charge in [0.1, 0.15) is 6.61 Å². The average Bonchev–Trinajstić information content (AvgIpc) is 2.53. The summed E-state index contributed by atoms with van der Waals surface area (Å²) in [6.07, 6.45) is 15.5. The monoisotopic (exact) mass is 314 g/mol. The van der Waals surface area contributed by atoms with Gasteiger partial charge in [0.05, 0.1) is 12.7 Å². The Bertz CT molecular complexity index is 241. The van der Waals surface area contributed by atoms with Crippen molar-refractivity contribution in [2.24, 2.45) is 0 Å². The number of hydrogen-bond acceptors (Lipinski definition) is 3. The summed E-state index contributed by atoms with van der Waals surface area (Å²) >= 11 is 0. The van der Waals surface area contributed by atoms with E-state index in [0.717, 1.165) is 6.42 Å². The van der Waals surface area contributed by atoms with Crippen LogP contribution in [0.1, 0.15) is 97.8 Å². The molecular formula is C19H38O3. The third kappa shape index (κ3) is 15.8. The minimum Gasteiger partial charge on any atom is -0.463 e. The molecule has 0 aliphatic carbocycles. The topological polar surface area (TPSA) is 35.5 Å². The SMILES string of the molecule is CCCCCCCCCCCCC(C)OCCOC(=O)CC. The number of carbonyl (C=O) groups excluding carboxylic acids is 1. The molecule has 0 aliphatic rings. The van der Waals surface area contributed by atoms with E-state index in [1.807, 2.05) is 0 Å². The van der Waals surface area contributed by atoms with Gasteiger partial charge in [-0.05, 0) is 13.3 Å². The lowest BCUT2D eigenvalue weighted by atomic mass is 10.0. The number of ether oxygens (including phenoxy) is 2. The van der Waals surface area contributed by atoms with Gasteiger partial charge in [-0.3, -0.25) is 4.79 Å². The molecular weight excluding hydrogens is 276 g/mol. The maximum Gasteiger partial charge on any atom is 0.305 e. The molecule has 0 amide bonds. The van der Waals surface area contributed by atoms with E-state index in [-0.39, 0.29) is 12.1 Å². The standard InChI is InChI=1S/C19H38O3/c1-4-6-7-8-9-10-11-12-13-14-15-18(3)21-16-17-22-19(20)5-2/h18H,4-17H2,1-3H3. The van der Waals surface area contributed by atoms with Crippen molar-refractivity contribution in [3.8, 4) is 0 Å². The lowest BCUT2D eigenvalue weighted by Crippen LogP contribution is -2.15. The van der Waals surface area contributed by atoms with Crippen LogP contribution in [0.5, 0.6) is 0 Å². The zero-order valence-electron chi connectivity index (χ0n) is 15.2. The van der Waals surface area contributed by atoms with Crippen LogP contribution in [0.3, 0.4) is 0 Å². The van der Waals surface area contributed by atoms with Gasteiger partial charge >= 0.3 is 5.97 Å². The van der Waals surface area contributed by atoms with E-state index >= 15 is 0 Å². The minimum atomic E-state index is -0.147. The maximum absolute atomic E-state index is 10.9. The van der Waals surface area contributed by atoms with E-state index in [4.69, 9.17) is 9.47 Å². The Hall–Kier alpha value is -0.570. The molecule has 0 spiro atoms. The predicted molar refractivity (Wildman–Crippen MR) is 93.1 cm³/mol. The fraction of sp³-hybridized carbons (Fsp3) is 0.947. The molecule has 0 aromatic heterocycles. The molecule has 0 radical (unpaired) electrons. The second-order valence-electron chi connectivity index (χ2n) is 6.23. The van der Waals surface area contributed by atoms with E-state index < -0.39 is 0 Å². The predicted octanol–water partition coefficient (Wildman–Crippen LogP) is 5.66. The first-order chi connectivity index (χ1) is 10.7. The molecule has 0 saturated carbocycles. The van der Waals surface area contributed by atoms with Crippen molar-refractivity contribution in [2.75, 3.05) is 13.2 Å². The van der Waals surface area contributed by atoms with Crippen molar-refractivity contribution < 1.29 is 14.3 Å². The van der Waals surface area contributed by atoms with Gasteiger partial charge in [-0.25, -0.2) is 0 Å². The average molecular weight is 315 g/mol. The van der Waals surface area contributed by atoms with Gasteiger partial charge in [0.2, 0.25) is 0 Å². The summed E-state index contributed by atoms with van der Waals surface area (Å²) in [4.78, 5) is 10.9. The zero-order chi connectivity index (χ0) is 16.5. The van der Waals surface area contributed by atoms with Gasteiger partial charge in [-0.1, -0.05) is 78.1 Å². The lowest BCUT2D eigenvalue weighted by Gasteiger charge is -2.13. The third-order valence-corrected chi connectivity index (χ3v) is 4.00. The smallest absolute Gasteiger partial charge is 0.305 e. The molecule has 0 saturated heterocycles. The molecule has 1 unspecified atom stereocenters. The molecule has 22 heavy (non-hydrogen) atoms. The summed E-state index contributed by atoms with van der Waals surface area (Å²) in [5, 5.41) is 0. The highest BCUT2D eigenvalue weighted by molar-refractivity contribution is 5.68. The first kappa shape index (κ1) is 21.4. The number of unbranched alkanes of at least 4 members (excludes halogenated alkanes) is 9. The van der Waals surface area contributed by atoms with Crippen molar-refractivity contribution in [3.63, 3.8) is 0 Å². The summed E-state index contributed by atoms with van der Waals surface area (Å²) in [5.41, 5.74) is 0. The summed E-state index contributed by atoms with van der Waals surface area (Å²) in [5.74, 6) is -0.147. The maximum atomic E-state index is 10.9. The van der Waals surface area contributed by atoms with Crippen LogP contribution in [-0.2, 0) is 14.3 Å². The molecule has 3 heteroatoms. The first-order valence-corrected chi connectivity index (χ1v) is 9.47. The first-order valence-electron chi connectivity index (χ1n) is 9.47. The summed E-state index contributed by atoms with van der Waals surface area (Å²) in [7, 11) is 0. The van der Waals surface area contributed by atoms with Crippen LogP contribution in [0.15, 0.2) is 0 Å². The van der Waals surface area contributed by atoms with E-state index in [0.29, 0.717) is 19.6 Å². The molecule has 0 aromatic carbocycles. The van der Waals surface area contributed by atoms with Gasteiger partial charge in [0, 0.05) is 6.42 Å². The van der Waals surface area contributed by atoms with Crippen LogP contribution in [0.2, 0.25) is 0 Å². The Labute approximate surface area is 138 Å². The third-order valence-electron chi connectivity index (χ3n) is 4.00. The van der Waals surface area contributed by atoms with Gasteiger partial charge in [0.25, 0.3) is 0 Å². The van der Waals surface area contributed by atoms with E-state index in [1.165, 1.54) is 64.2 Å². The highest BCUT2D eigenvalue weighted by atomic mass is 16.6. The van der Waals surface area contributed by atoms with Gasteiger partial charge < -0.3 is 9.47 Å². The lowest BCUT2D eigenvalue weighted by molar-refractivity contribution is -0.145. The molecule has 3 nitrogen and oxygen atoms in total. The number of hydrogen-bond donors (Lipinski definition) is 0. The van der Waals surface area contributed by atoms with Crippen LogP contribution in [0, 0.1) is 0 Å². The zero-order valence-corrected chi connectivity index (χ0v) is 15.2. The van der Waals surface area contributed by atoms with E-state index in [2.05, 4.69) is 13.8 Å². The highest BCUT2D eigenvalue weighted by Crippen LogP contribution is 2.12. The Morgan fingerprint density at radius 1 is 0.818 bits per heavy atom. The van der Waals surface area contributed by atoms with Crippen molar-refractivity contribution in [1.82, 2.24) is 0 Å². The van der Waals surface area contributed by atoms with Crippen molar-refractivity contribution in [1.29, 1.82) is 0 Å². The Morgan fingerprint density at radius 2 is 1.36 bits per heavy atom. The molecule has 0 heterocycles. The molecule has 132 valence electrons. The highest BCUT2D eigenvalue weighted by Gasteiger charge is 2.03. The van der Waals surface area contributed by atoms with Crippen LogP contribution in [0.25, 0.3) is 0 Å². The normalized spacial score (nSPS) is 12.3. The molecule has 0 rings (SSSR count). The Morgan fingerprint density at radius 3 is 1.91 bits per heavy atom. The fourth-order valence-electron chi connectivity index (χ4n) is 2.51. The molecule has 0 N–H and O–H groups in total. The summed E-state index contributed by atoms with van der Waals surface area (Å²) in [6.45, 7) is 7.08. The molecule has 1 atom stereocenters. The van der Waals surface area contributed by atoms with Crippen LogP contribution in [-0.4, -0.2) is 25.3 Å². The number of esters is 1. The molecule has 0 fully saturated rings. The van der Waals surface area contributed by atoms with Gasteiger partial charge in [-0.15, -0.1) is 0 Å². The largest absolute Gasteiger partial charge is 0.463 e. The quantitative estimate of drug-likeness (QED) is 0.272. The Kier molecular flexibility index (Phi) is 16.4. The van der Waals surface area contributed by atoms with Crippen molar-refractivity contribution >= 4 is 5.97 Å². The van der Waals surface area contributed by atoms with E-state index in [1.54, 1.807) is 6.92 Å². The van der Waals surface area contributed by atoms with Gasteiger partial charge in [-0.2, -0.15) is 0 Å². The van der Waals surface area contributed by atoms with Crippen LogP contribution >= 0.6 is 0 Å². The fourth-order valence-corrected chi connectivity index (χ4v) is 2.51. The summed E-state index contributed by atoms with van der Waals surface area (Å²) < 4.78 is 10.6. The van der Waals surface area contributed by atoms with Gasteiger partial charge in [0.15, 0.2) is 0 Å². The second kappa shape index (κ2) is 16.8. The van der Waals surface area contributed by atoms with Crippen LogP contribution < -0.4 is 0 Å². The van der Waals surface area contributed by atoms with Crippen molar-refractivity contribution in [2.45, 2.75) is 104 Å². The Balaban J connectivity index is 3.18. The van der Waals surface area contributed by atoms with Crippen LogP contribution in [0.4, 0.5) is 0 Å². The number of rotatable bonds is 16. The number of carbonyl (C=O) groups is 1. The van der Waals surface area contributed by atoms with E-state index in [9.17, 15) is 4.79 Å². The summed E-state index contributed by atoms with van der Waals surface area (Å²) in [6, 6.07) is 0. The minimum absolute atomic E-state index is 0.147. The molecule has 0 aromatic rings. The second-order valence-corrected chi connectivity index (χ2v) is 6.23.